The Balaban J connectivity index is 3.40. The fourth-order valence-corrected chi connectivity index (χ4v) is 1.49. The van der Waals surface area contributed by atoms with Crippen molar-refractivity contribution in [1.29, 1.82) is 5.26 Å². The first-order chi connectivity index (χ1) is 5.15. The van der Waals surface area contributed by atoms with Gasteiger partial charge >= 0.3 is 0 Å². The molecule has 0 aromatic heterocycles. The number of aryl methyl sites for hydroxylation is 1. The van der Waals surface area contributed by atoms with Crippen LogP contribution in [-0.2, 0) is 0 Å². The number of phenols is 1. The van der Waals surface area contributed by atoms with Gasteiger partial charge in [-0.25, -0.2) is 0 Å². The Hall–Kier alpha value is -1.01. The maximum Gasteiger partial charge on any atom is 0.134 e. The van der Waals surface area contributed by atoms with E-state index in [0.717, 1.165) is 5.56 Å². The first-order valence-corrected chi connectivity index (χ1v) is 3.83. The Kier molecular flexibility index (Phi) is 2.16. The third-order valence-corrected chi connectivity index (χ3v) is 1.95. The van der Waals surface area contributed by atoms with Gasteiger partial charge in [0.25, 0.3) is 0 Å². The average Bonchev–Trinajstić information content (AvgIpc) is 1.85. The van der Waals surface area contributed by atoms with Gasteiger partial charge in [0.1, 0.15) is 17.4 Å². The zero-order valence-electron chi connectivity index (χ0n) is 5.93. The lowest BCUT2D eigenvalue weighted by Gasteiger charge is -1.99. The van der Waals surface area contributed by atoms with Crippen LogP contribution >= 0.6 is 15.9 Å². The number of hydrogen-bond acceptors (Lipinski definition) is 2. The van der Waals surface area contributed by atoms with Gasteiger partial charge in [-0.2, -0.15) is 5.26 Å². The smallest absolute Gasteiger partial charge is 0.134 e. The fraction of sp³-hybridized carbons (Fsp3) is 0.125. The lowest BCUT2D eigenvalue weighted by Crippen LogP contribution is -1.80. The van der Waals surface area contributed by atoms with E-state index < -0.39 is 0 Å². The van der Waals surface area contributed by atoms with Crippen molar-refractivity contribution in [2.45, 2.75) is 6.92 Å². The Bertz CT molecular complexity index is 304. The highest BCUT2D eigenvalue weighted by Gasteiger charge is 2.04. The minimum Gasteiger partial charge on any atom is -0.507 e. The van der Waals surface area contributed by atoms with Gasteiger partial charge in [-0.15, -0.1) is 0 Å². The van der Waals surface area contributed by atoms with Crippen molar-refractivity contribution in [1.82, 2.24) is 0 Å². The van der Waals surface area contributed by atoms with Crippen LogP contribution in [0.5, 0.6) is 5.75 Å². The molecule has 0 amide bonds. The van der Waals surface area contributed by atoms with Gasteiger partial charge < -0.3 is 5.11 Å². The highest BCUT2D eigenvalue weighted by molar-refractivity contribution is 9.10. The number of benzene rings is 1. The Morgan fingerprint density at radius 1 is 1.55 bits per heavy atom. The van der Waals surface area contributed by atoms with E-state index in [1.807, 2.05) is 13.0 Å². The summed E-state index contributed by atoms with van der Waals surface area (Å²) in [4.78, 5) is 0. The molecule has 0 fully saturated rings. The minimum atomic E-state index is 0.0272. The van der Waals surface area contributed by atoms with E-state index in [9.17, 15) is 5.11 Å². The zero-order valence-corrected chi connectivity index (χ0v) is 7.51. The van der Waals surface area contributed by atoms with Gasteiger partial charge in [-0.05, 0) is 40.5 Å². The summed E-state index contributed by atoms with van der Waals surface area (Å²) in [6.45, 7) is 1.85. The lowest BCUT2D eigenvalue weighted by atomic mass is 10.1. The molecule has 0 aliphatic rings. The lowest BCUT2D eigenvalue weighted by molar-refractivity contribution is 0.472. The van der Waals surface area contributed by atoms with Crippen LogP contribution < -0.4 is 0 Å². The Labute approximate surface area is 73.2 Å². The van der Waals surface area contributed by atoms with E-state index in [1.165, 1.54) is 0 Å². The second-order valence-electron chi connectivity index (χ2n) is 2.25. The number of hydrogen-bond donors (Lipinski definition) is 1. The SMILES string of the molecule is Cc1cc(O)c(C#N)c(Br)c1. The van der Waals surface area contributed by atoms with Crippen LogP contribution in [0.15, 0.2) is 16.6 Å². The average molecular weight is 212 g/mol. The number of nitriles is 1. The Morgan fingerprint density at radius 2 is 2.18 bits per heavy atom. The predicted molar refractivity (Wildman–Crippen MR) is 45.3 cm³/mol. The van der Waals surface area contributed by atoms with Crippen molar-refractivity contribution < 1.29 is 5.11 Å². The number of nitrogens with zero attached hydrogens (tertiary/aromatic N) is 1. The molecule has 2 nitrogen and oxygen atoms in total. The number of halogens is 1. The molecule has 0 radical (unpaired) electrons. The van der Waals surface area contributed by atoms with Crippen molar-refractivity contribution >= 4 is 15.9 Å². The van der Waals surface area contributed by atoms with E-state index >= 15 is 0 Å². The highest BCUT2D eigenvalue weighted by atomic mass is 79.9. The third-order valence-electron chi connectivity index (χ3n) is 1.33. The predicted octanol–water partition coefficient (Wildman–Crippen LogP) is 2.33. The molecule has 0 atom stereocenters. The minimum absolute atomic E-state index is 0.0272. The maximum absolute atomic E-state index is 9.22. The molecular formula is C8H6BrNO. The van der Waals surface area contributed by atoms with Crippen molar-refractivity contribution in [3.63, 3.8) is 0 Å². The second-order valence-corrected chi connectivity index (χ2v) is 3.11. The van der Waals surface area contributed by atoms with Gasteiger partial charge in [0.2, 0.25) is 0 Å². The molecule has 0 aliphatic heterocycles. The molecule has 0 spiro atoms. The third kappa shape index (κ3) is 1.52. The monoisotopic (exact) mass is 211 g/mol. The topological polar surface area (TPSA) is 44.0 Å². The van der Waals surface area contributed by atoms with E-state index in [0.29, 0.717) is 4.47 Å². The van der Waals surface area contributed by atoms with E-state index in [-0.39, 0.29) is 11.3 Å². The summed E-state index contributed by atoms with van der Waals surface area (Å²) in [6.07, 6.45) is 0. The maximum atomic E-state index is 9.22. The van der Waals surface area contributed by atoms with Crippen LogP contribution in [0.25, 0.3) is 0 Å². The number of aromatic hydroxyl groups is 1. The standard InChI is InChI=1S/C8H6BrNO/c1-5-2-7(9)6(4-10)8(11)3-5/h2-3,11H,1H3. The van der Waals surface area contributed by atoms with Gasteiger partial charge in [0.15, 0.2) is 0 Å². The molecule has 0 saturated heterocycles. The summed E-state index contributed by atoms with van der Waals surface area (Å²) in [5.41, 5.74) is 1.21. The van der Waals surface area contributed by atoms with E-state index in [4.69, 9.17) is 5.26 Å². The number of phenolic OH excluding ortho intramolecular Hbond substituents is 1. The molecule has 11 heavy (non-hydrogen) atoms. The van der Waals surface area contributed by atoms with Crippen molar-refractivity contribution in [3.8, 4) is 11.8 Å². The molecule has 0 unspecified atom stereocenters. The van der Waals surface area contributed by atoms with Crippen molar-refractivity contribution in [3.05, 3.63) is 27.7 Å². The molecular weight excluding hydrogens is 206 g/mol. The van der Waals surface area contributed by atoms with Crippen LogP contribution in [-0.4, -0.2) is 5.11 Å². The van der Waals surface area contributed by atoms with Crippen LogP contribution in [0, 0.1) is 18.3 Å². The largest absolute Gasteiger partial charge is 0.507 e. The summed E-state index contributed by atoms with van der Waals surface area (Å²) in [5, 5.41) is 17.8. The molecule has 0 aliphatic carbocycles. The van der Waals surface area contributed by atoms with Crippen LogP contribution in [0.1, 0.15) is 11.1 Å². The molecule has 1 N–H and O–H groups in total. The van der Waals surface area contributed by atoms with Crippen LogP contribution in [0.3, 0.4) is 0 Å². The van der Waals surface area contributed by atoms with Crippen LogP contribution in [0.2, 0.25) is 0 Å². The normalized spacial score (nSPS) is 9.18. The molecule has 0 saturated carbocycles. The van der Waals surface area contributed by atoms with Crippen LogP contribution in [0.4, 0.5) is 0 Å². The van der Waals surface area contributed by atoms with Gasteiger partial charge in [-0.1, -0.05) is 0 Å². The molecule has 1 aromatic carbocycles. The highest BCUT2D eigenvalue weighted by Crippen LogP contribution is 2.26. The molecule has 3 heteroatoms. The second kappa shape index (κ2) is 2.93. The van der Waals surface area contributed by atoms with Gasteiger partial charge in [0.05, 0.1) is 0 Å². The quantitative estimate of drug-likeness (QED) is 0.717. The first-order valence-electron chi connectivity index (χ1n) is 3.04. The zero-order chi connectivity index (χ0) is 8.43. The number of rotatable bonds is 0. The summed E-state index contributed by atoms with van der Waals surface area (Å²) in [6, 6.07) is 5.24. The van der Waals surface area contributed by atoms with E-state index in [2.05, 4.69) is 15.9 Å². The molecule has 0 heterocycles. The van der Waals surface area contributed by atoms with Gasteiger partial charge in [0, 0.05) is 4.47 Å². The molecule has 1 rings (SSSR count). The summed E-state index contributed by atoms with van der Waals surface area (Å²) < 4.78 is 0.637. The first kappa shape index (κ1) is 8.09. The van der Waals surface area contributed by atoms with E-state index in [1.54, 1.807) is 12.1 Å². The molecule has 0 bridgehead atoms. The summed E-state index contributed by atoms with van der Waals surface area (Å²) >= 11 is 3.18. The molecule has 1 aromatic rings. The van der Waals surface area contributed by atoms with Crippen molar-refractivity contribution in [2.75, 3.05) is 0 Å². The molecule has 56 valence electrons. The fourth-order valence-electron chi connectivity index (χ4n) is 0.835. The summed E-state index contributed by atoms with van der Waals surface area (Å²) in [5.74, 6) is 0.0272. The van der Waals surface area contributed by atoms with Crippen molar-refractivity contribution in [2.24, 2.45) is 0 Å². The Morgan fingerprint density at radius 3 is 2.64 bits per heavy atom. The van der Waals surface area contributed by atoms with Gasteiger partial charge in [-0.3, -0.25) is 0 Å². The summed E-state index contributed by atoms with van der Waals surface area (Å²) in [7, 11) is 0.